The van der Waals surface area contributed by atoms with Crippen molar-refractivity contribution in [2.75, 3.05) is 7.11 Å². The first-order chi connectivity index (χ1) is 12.8. The van der Waals surface area contributed by atoms with Crippen molar-refractivity contribution in [1.29, 1.82) is 0 Å². The van der Waals surface area contributed by atoms with Crippen molar-refractivity contribution in [2.24, 2.45) is 0 Å². The van der Waals surface area contributed by atoms with Gasteiger partial charge in [0.05, 0.1) is 12.1 Å². The van der Waals surface area contributed by atoms with Crippen molar-refractivity contribution in [2.45, 2.75) is 19.7 Å². The number of halogens is 1. The summed E-state index contributed by atoms with van der Waals surface area (Å²) in [5.41, 5.74) is 3.29. The monoisotopic (exact) mass is 368 g/mol. The molecule has 0 saturated carbocycles. The molecule has 2 aromatic carbocycles. The van der Waals surface area contributed by atoms with Crippen LogP contribution in [0, 0.1) is 0 Å². The third-order valence-corrected chi connectivity index (χ3v) is 4.20. The number of hydrogen-bond donors (Lipinski definition) is 1. The summed E-state index contributed by atoms with van der Waals surface area (Å²) in [6.07, 6.45) is 3.57. The number of aromatic nitrogens is 1. The number of methoxy groups -OCH3 is 1. The van der Waals surface area contributed by atoms with Crippen LogP contribution in [0.3, 0.4) is 0 Å². The van der Waals surface area contributed by atoms with Gasteiger partial charge in [0.25, 0.3) is 0 Å². The number of ether oxygens (including phenoxy) is 2. The fourth-order valence-corrected chi connectivity index (χ4v) is 2.88. The maximum Gasteiger partial charge on any atom is 0.180 e. The summed E-state index contributed by atoms with van der Waals surface area (Å²) in [5.74, 6) is 1.20. The van der Waals surface area contributed by atoms with Crippen LogP contribution in [-0.2, 0) is 19.7 Å². The standard InChI is InChI=1S/C21H21ClN2O2/c1-25-20-12-18(14-24-13-16-7-9-23-10-8-16)11-19(22)21(20)26-15-17-5-3-2-4-6-17/h2-12,24H,13-15H2,1H3. The van der Waals surface area contributed by atoms with Gasteiger partial charge in [-0.3, -0.25) is 4.98 Å². The van der Waals surface area contributed by atoms with Gasteiger partial charge in [-0.15, -0.1) is 0 Å². The Morgan fingerprint density at radius 2 is 1.65 bits per heavy atom. The molecular weight excluding hydrogens is 348 g/mol. The largest absolute Gasteiger partial charge is 0.493 e. The molecule has 0 saturated heterocycles. The fraction of sp³-hybridized carbons (Fsp3) is 0.190. The van der Waals surface area contributed by atoms with Crippen LogP contribution in [0.1, 0.15) is 16.7 Å². The third kappa shape index (κ3) is 4.97. The molecule has 5 heteroatoms. The lowest BCUT2D eigenvalue weighted by Crippen LogP contribution is -2.13. The van der Waals surface area contributed by atoms with Gasteiger partial charge in [-0.05, 0) is 41.0 Å². The van der Waals surface area contributed by atoms with Crippen molar-refractivity contribution in [3.63, 3.8) is 0 Å². The molecule has 0 amide bonds. The molecule has 0 aliphatic rings. The molecule has 3 rings (SSSR count). The molecule has 1 N–H and O–H groups in total. The number of pyridine rings is 1. The lowest BCUT2D eigenvalue weighted by atomic mass is 10.2. The van der Waals surface area contributed by atoms with Crippen LogP contribution >= 0.6 is 11.6 Å². The van der Waals surface area contributed by atoms with Gasteiger partial charge in [-0.25, -0.2) is 0 Å². The van der Waals surface area contributed by atoms with Gasteiger partial charge in [0.2, 0.25) is 0 Å². The second-order valence-electron chi connectivity index (χ2n) is 5.84. The summed E-state index contributed by atoms with van der Waals surface area (Å²) in [6.45, 7) is 1.88. The van der Waals surface area contributed by atoms with E-state index in [0.717, 1.165) is 17.7 Å². The summed E-state index contributed by atoms with van der Waals surface area (Å²) in [5, 5.41) is 3.93. The van der Waals surface area contributed by atoms with Crippen molar-refractivity contribution in [3.8, 4) is 11.5 Å². The molecule has 134 valence electrons. The highest BCUT2D eigenvalue weighted by atomic mass is 35.5. The Morgan fingerprint density at radius 1 is 0.923 bits per heavy atom. The Labute approximate surface area is 158 Å². The Kier molecular flexibility index (Phi) is 6.47. The lowest BCUT2D eigenvalue weighted by molar-refractivity contribution is 0.284. The van der Waals surface area contributed by atoms with E-state index in [0.29, 0.717) is 29.7 Å². The fourth-order valence-electron chi connectivity index (χ4n) is 2.60. The quantitative estimate of drug-likeness (QED) is 0.630. The molecule has 0 fully saturated rings. The predicted molar refractivity (Wildman–Crippen MR) is 104 cm³/mol. The van der Waals surface area contributed by atoms with E-state index in [1.165, 1.54) is 5.56 Å². The van der Waals surface area contributed by atoms with Crippen LogP contribution in [0.25, 0.3) is 0 Å². The molecule has 0 aliphatic carbocycles. The SMILES string of the molecule is COc1cc(CNCc2ccncc2)cc(Cl)c1OCc1ccccc1. The highest BCUT2D eigenvalue weighted by molar-refractivity contribution is 6.32. The summed E-state index contributed by atoms with van der Waals surface area (Å²) in [6, 6.07) is 17.8. The van der Waals surface area contributed by atoms with E-state index >= 15 is 0 Å². The average Bonchev–Trinajstić information content (AvgIpc) is 2.68. The Balaban J connectivity index is 1.64. The first kappa shape index (κ1) is 18.2. The van der Waals surface area contributed by atoms with Crippen LogP contribution in [0.5, 0.6) is 11.5 Å². The molecule has 3 aromatic rings. The van der Waals surface area contributed by atoms with E-state index < -0.39 is 0 Å². The topological polar surface area (TPSA) is 43.4 Å². The minimum absolute atomic E-state index is 0.441. The van der Waals surface area contributed by atoms with E-state index in [2.05, 4.69) is 10.3 Å². The number of nitrogens with one attached hydrogen (secondary N) is 1. The molecule has 0 unspecified atom stereocenters. The maximum atomic E-state index is 6.43. The first-order valence-corrected chi connectivity index (χ1v) is 8.77. The van der Waals surface area contributed by atoms with Crippen LogP contribution in [0.15, 0.2) is 67.0 Å². The minimum atomic E-state index is 0.441. The van der Waals surface area contributed by atoms with Crippen molar-refractivity contribution in [1.82, 2.24) is 10.3 Å². The van der Waals surface area contributed by atoms with E-state index in [1.54, 1.807) is 19.5 Å². The Hall–Kier alpha value is -2.56. The van der Waals surface area contributed by atoms with Gasteiger partial charge in [0.1, 0.15) is 6.61 Å². The lowest BCUT2D eigenvalue weighted by Gasteiger charge is -2.15. The van der Waals surface area contributed by atoms with Crippen molar-refractivity contribution in [3.05, 3.63) is 88.7 Å². The Bertz CT molecular complexity index is 826. The predicted octanol–water partition coefficient (Wildman–Crippen LogP) is 4.61. The average molecular weight is 369 g/mol. The summed E-state index contributed by atoms with van der Waals surface area (Å²) >= 11 is 6.43. The molecule has 0 spiro atoms. The van der Waals surface area contributed by atoms with E-state index in [-0.39, 0.29) is 0 Å². The molecule has 0 atom stereocenters. The minimum Gasteiger partial charge on any atom is -0.493 e. The zero-order valence-corrected chi connectivity index (χ0v) is 15.4. The number of hydrogen-bond acceptors (Lipinski definition) is 4. The summed E-state index contributed by atoms with van der Waals surface area (Å²) in [4.78, 5) is 4.02. The van der Waals surface area contributed by atoms with Gasteiger partial charge in [0.15, 0.2) is 11.5 Å². The zero-order chi connectivity index (χ0) is 18.2. The van der Waals surface area contributed by atoms with Gasteiger partial charge in [-0.1, -0.05) is 41.9 Å². The van der Waals surface area contributed by atoms with E-state index in [9.17, 15) is 0 Å². The number of benzene rings is 2. The maximum absolute atomic E-state index is 6.43. The second-order valence-corrected chi connectivity index (χ2v) is 6.25. The Morgan fingerprint density at radius 3 is 2.38 bits per heavy atom. The van der Waals surface area contributed by atoms with Crippen LogP contribution in [-0.4, -0.2) is 12.1 Å². The van der Waals surface area contributed by atoms with Crippen molar-refractivity contribution >= 4 is 11.6 Å². The number of nitrogens with zero attached hydrogens (tertiary/aromatic N) is 1. The normalized spacial score (nSPS) is 10.5. The molecule has 4 nitrogen and oxygen atoms in total. The van der Waals surface area contributed by atoms with Crippen LogP contribution in [0.4, 0.5) is 0 Å². The second kappa shape index (κ2) is 9.22. The summed E-state index contributed by atoms with van der Waals surface area (Å²) < 4.78 is 11.4. The van der Waals surface area contributed by atoms with Crippen LogP contribution < -0.4 is 14.8 Å². The van der Waals surface area contributed by atoms with E-state index in [4.69, 9.17) is 21.1 Å². The highest BCUT2D eigenvalue weighted by Gasteiger charge is 2.12. The van der Waals surface area contributed by atoms with Gasteiger partial charge in [0, 0.05) is 25.5 Å². The highest BCUT2D eigenvalue weighted by Crippen LogP contribution is 2.37. The van der Waals surface area contributed by atoms with E-state index in [1.807, 2.05) is 54.6 Å². The third-order valence-electron chi connectivity index (χ3n) is 3.92. The molecule has 0 aliphatic heterocycles. The van der Waals surface area contributed by atoms with Gasteiger partial charge in [-0.2, -0.15) is 0 Å². The van der Waals surface area contributed by atoms with Crippen LogP contribution in [0.2, 0.25) is 5.02 Å². The molecule has 0 bridgehead atoms. The zero-order valence-electron chi connectivity index (χ0n) is 14.6. The first-order valence-electron chi connectivity index (χ1n) is 8.39. The van der Waals surface area contributed by atoms with Crippen molar-refractivity contribution < 1.29 is 9.47 Å². The summed E-state index contributed by atoms with van der Waals surface area (Å²) in [7, 11) is 1.62. The molecule has 0 radical (unpaired) electrons. The number of rotatable bonds is 8. The smallest absolute Gasteiger partial charge is 0.180 e. The molecule has 1 aromatic heterocycles. The molecular formula is C21H21ClN2O2. The van der Waals surface area contributed by atoms with Gasteiger partial charge >= 0.3 is 0 Å². The molecule has 1 heterocycles. The molecule has 26 heavy (non-hydrogen) atoms. The van der Waals surface area contributed by atoms with Gasteiger partial charge < -0.3 is 14.8 Å².